The lowest BCUT2D eigenvalue weighted by molar-refractivity contribution is 0.204. The molecule has 1 aromatic carbocycles. The van der Waals surface area contributed by atoms with Crippen molar-refractivity contribution in [2.45, 2.75) is 19.4 Å². The Labute approximate surface area is 99.3 Å². The molecule has 0 radical (unpaired) electrons. The number of hydrogen-bond donors (Lipinski definition) is 1. The lowest BCUT2D eigenvalue weighted by Crippen LogP contribution is -2.35. The van der Waals surface area contributed by atoms with Gasteiger partial charge < -0.3 is 10.5 Å². The first kappa shape index (κ1) is 11.1. The molecule has 1 aliphatic rings. The maximum atomic E-state index is 6.10. The van der Waals surface area contributed by atoms with Crippen LogP contribution in [0.3, 0.4) is 0 Å². The largest absolute Gasteiger partial charge is 0.491 e. The van der Waals surface area contributed by atoms with Crippen molar-refractivity contribution >= 4 is 23.2 Å². The third-order valence-corrected chi connectivity index (χ3v) is 3.46. The van der Waals surface area contributed by atoms with Crippen molar-refractivity contribution < 1.29 is 4.74 Å². The predicted molar refractivity (Wildman–Crippen MR) is 62.8 cm³/mol. The third-order valence-electron chi connectivity index (χ3n) is 2.81. The molecule has 1 aromatic rings. The second kappa shape index (κ2) is 4.20. The van der Waals surface area contributed by atoms with Gasteiger partial charge in [0, 0.05) is 22.5 Å². The summed E-state index contributed by atoms with van der Waals surface area (Å²) in [5.74, 6) is 1.04. The van der Waals surface area contributed by atoms with Gasteiger partial charge in [0.05, 0.1) is 11.6 Å². The molecule has 0 bridgehead atoms. The second-order valence-corrected chi connectivity index (χ2v) is 4.79. The minimum absolute atomic E-state index is 0.105. The quantitative estimate of drug-likeness (QED) is 0.826. The van der Waals surface area contributed by atoms with E-state index in [1.54, 1.807) is 12.1 Å². The average molecular weight is 246 g/mol. The minimum atomic E-state index is 0.105. The zero-order valence-electron chi connectivity index (χ0n) is 8.47. The summed E-state index contributed by atoms with van der Waals surface area (Å²) in [5, 5.41) is 1.33. The molecule has 1 unspecified atom stereocenters. The Morgan fingerprint density at radius 3 is 2.73 bits per heavy atom. The van der Waals surface area contributed by atoms with Crippen molar-refractivity contribution in [2.24, 2.45) is 11.7 Å². The summed E-state index contributed by atoms with van der Waals surface area (Å²) in [7, 11) is 0. The zero-order chi connectivity index (χ0) is 11.0. The fourth-order valence-corrected chi connectivity index (χ4v) is 2.23. The van der Waals surface area contributed by atoms with Gasteiger partial charge in [-0.15, -0.1) is 0 Å². The molecular weight excluding hydrogens is 233 g/mol. The molecule has 2 N–H and O–H groups in total. The van der Waals surface area contributed by atoms with Gasteiger partial charge in [0.15, 0.2) is 0 Å². The van der Waals surface area contributed by atoms with Crippen molar-refractivity contribution in [3.63, 3.8) is 0 Å². The fourth-order valence-electron chi connectivity index (χ4n) is 1.77. The van der Waals surface area contributed by atoms with Crippen LogP contribution in [0.2, 0.25) is 10.0 Å². The highest BCUT2D eigenvalue weighted by Gasteiger charge is 2.26. The molecule has 1 heterocycles. The smallest absolute Gasteiger partial charge is 0.142 e. The van der Waals surface area contributed by atoms with Crippen LogP contribution in [0.4, 0.5) is 0 Å². The molecule has 0 amide bonds. The highest BCUT2D eigenvalue weighted by atomic mass is 35.5. The zero-order valence-corrected chi connectivity index (χ0v) is 9.98. The lowest BCUT2D eigenvalue weighted by Gasteiger charge is -2.28. The van der Waals surface area contributed by atoms with E-state index < -0.39 is 0 Å². The fraction of sp³-hybridized carbons (Fsp3) is 0.455. The number of nitrogens with two attached hydrogens (primary N) is 1. The summed E-state index contributed by atoms with van der Waals surface area (Å²) in [4.78, 5) is 0. The van der Waals surface area contributed by atoms with E-state index in [9.17, 15) is 0 Å². The van der Waals surface area contributed by atoms with E-state index in [4.69, 9.17) is 33.7 Å². The molecule has 0 fully saturated rings. The van der Waals surface area contributed by atoms with E-state index in [2.05, 4.69) is 0 Å². The van der Waals surface area contributed by atoms with Gasteiger partial charge in [0.2, 0.25) is 0 Å². The Kier molecular flexibility index (Phi) is 3.10. The van der Waals surface area contributed by atoms with Crippen LogP contribution in [0, 0.1) is 5.92 Å². The maximum Gasteiger partial charge on any atom is 0.142 e. The van der Waals surface area contributed by atoms with E-state index in [-0.39, 0.29) is 6.04 Å². The van der Waals surface area contributed by atoms with Crippen LogP contribution in [-0.2, 0) is 6.42 Å². The monoisotopic (exact) mass is 245 g/mol. The molecule has 0 saturated carbocycles. The van der Waals surface area contributed by atoms with E-state index in [0.29, 0.717) is 22.6 Å². The Hall–Kier alpha value is -0.440. The van der Waals surface area contributed by atoms with Crippen LogP contribution in [0.15, 0.2) is 12.1 Å². The molecule has 0 aliphatic carbocycles. The molecule has 0 saturated heterocycles. The van der Waals surface area contributed by atoms with Crippen LogP contribution < -0.4 is 10.5 Å². The first-order chi connectivity index (χ1) is 7.09. The van der Waals surface area contributed by atoms with E-state index in [1.807, 2.05) is 6.92 Å². The number of halogens is 2. The molecule has 82 valence electrons. The van der Waals surface area contributed by atoms with Gasteiger partial charge in [-0.3, -0.25) is 0 Å². The van der Waals surface area contributed by atoms with Gasteiger partial charge in [-0.1, -0.05) is 23.2 Å². The van der Waals surface area contributed by atoms with Crippen LogP contribution in [-0.4, -0.2) is 12.6 Å². The first-order valence-electron chi connectivity index (χ1n) is 4.95. The Bertz CT molecular complexity index is 379. The number of fused-ring (bicyclic) bond motifs is 1. The molecule has 2 rings (SSSR count). The summed E-state index contributed by atoms with van der Waals surface area (Å²) in [6.07, 6.45) is 0.840. The normalized spacial score (nSPS) is 21.7. The molecule has 0 aromatic heterocycles. The molecule has 15 heavy (non-hydrogen) atoms. The average Bonchev–Trinajstić information content (AvgIpc) is 2.23. The van der Waals surface area contributed by atoms with Crippen LogP contribution in [0.25, 0.3) is 0 Å². The predicted octanol–water partition coefficient (Wildman–Crippen LogP) is 2.89. The summed E-state index contributed by atoms with van der Waals surface area (Å²) >= 11 is 12.1. The summed E-state index contributed by atoms with van der Waals surface area (Å²) < 4.78 is 5.61. The van der Waals surface area contributed by atoms with Gasteiger partial charge >= 0.3 is 0 Å². The van der Waals surface area contributed by atoms with E-state index in [1.165, 1.54) is 0 Å². The van der Waals surface area contributed by atoms with Crippen molar-refractivity contribution in [1.29, 1.82) is 0 Å². The van der Waals surface area contributed by atoms with Crippen LogP contribution >= 0.6 is 23.2 Å². The van der Waals surface area contributed by atoms with Crippen LogP contribution in [0.1, 0.15) is 12.5 Å². The van der Waals surface area contributed by atoms with Gasteiger partial charge in [-0.2, -0.15) is 0 Å². The van der Waals surface area contributed by atoms with Gasteiger partial charge in [-0.25, -0.2) is 0 Å². The first-order valence-corrected chi connectivity index (χ1v) is 5.70. The highest BCUT2D eigenvalue weighted by molar-refractivity contribution is 6.34. The van der Waals surface area contributed by atoms with Crippen molar-refractivity contribution in [3.8, 4) is 5.75 Å². The van der Waals surface area contributed by atoms with Gasteiger partial charge in [0.1, 0.15) is 5.75 Å². The number of hydrogen-bond acceptors (Lipinski definition) is 2. The molecule has 2 nitrogen and oxygen atoms in total. The van der Waals surface area contributed by atoms with Crippen molar-refractivity contribution in [1.82, 2.24) is 0 Å². The lowest BCUT2D eigenvalue weighted by atomic mass is 9.92. The van der Waals surface area contributed by atoms with Gasteiger partial charge in [-0.05, 0) is 25.5 Å². The number of benzene rings is 1. The summed E-state index contributed by atoms with van der Waals surface area (Å²) in [6, 6.07) is 3.66. The molecule has 4 heteroatoms. The van der Waals surface area contributed by atoms with Crippen molar-refractivity contribution in [3.05, 3.63) is 27.7 Å². The SMILES string of the molecule is C[C@@H](N)C1COc2c(Cl)ccc(Cl)c2C1. The second-order valence-electron chi connectivity index (χ2n) is 3.97. The highest BCUT2D eigenvalue weighted by Crippen LogP contribution is 2.38. The van der Waals surface area contributed by atoms with E-state index in [0.717, 1.165) is 17.7 Å². The molecule has 1 aliphatic heterocycles. The van der Waals surface area contributed by atoms with Crippen LogP contribution in [0.5, 0.6) is 5.75 Å². The van der Waals surface area contributed by atoms with Crippen molar-refractivity contribution in [2.75, 3.05) is 6.61 Å². The standard InChI is InChI=1S/C11H13Cl2NO/c1-6(14)7-4-8-9(12)2-3-10(13)11(8)15-5-7/h2-3,6-7H,4-5,14H2,1H3/t6-,7?/m1/s1. The third kappa shape index (κ3) is 2.07. The number of rotatable bonds is 1. The molecule has 0 spiro atoms. The summed E-state index contributed by atoms with van der Waals surface area (Å²) in [6.45, 7) is 2.60. The van der Waals surface area contributed by atoms with E-state index >= 15 is 0 Å². The number of ether oxygens (including phenoxy) is 1. The maximum absolute atomic E-state index is 6.10. The topological polar surface area (TPSA) is 35.2 Å². The summed E-state index contributed by atoms with van der Waals surface area (Å²) in [5.41, 5.74) is 6.84. The minimum Gasteiger partial charge on any atom is -0.491 e. The Morgan fingerprint density at radius 2 is 2.07 bits per heavy atom. The Morgan fingerprint density at radius 1 is 1.40 bits per heavy atom. The molecular formula is C11H13Cl2NO. The van der Waals surface area contributed by atoms with Gasteiger partial charge in [0.25, 0.3) is 0 Å². The molecule has 2 atom stereocenters. The Balaban J connectivity index is 2.36.